The molecule has 0 aliphatic carbocycles. The number of hydrogen-bond donors (Lipinski definition) is 2. The molecule has 6 heteroatoms. The lowest BCUT2D eigenvalue weighted by Gasteiger charge is -2.36. The van der Waals surface area contributed by atoms with Crippen LogP contribution in [0, 0.1) is 11.8 Å². The van der Waals surface area contributed by atoms with Crippen LogP contribution < -0.4 is 10.6 Å². The molecule has 0 radical (unpaired) electrons. The van der Waals surface area contributed by atoms with Gasteiger partial charge in [0.25, 0.3) is 0 Å². The van der Waals surface area contributed by atoms with E-state index in [0.29, 0.717) is 5.92 Å². The number of rotatable bonds is 6. The van der Waals surface area contributed by atoms with Gasteiger partial charge in [-0.2, -0.15) is 0 Å². The highest BCUT2D eigenvalue weighted by atomic mass is 35.5. The third-order valence-electron chi connectivity index (χ3n) is 4.93. The Balaban J connectivity index is 0.00000242. The Kier molecular flexibility index (Phi) is 12.3. The molecule has 0 bridgehead atoms. The summed E-state index contributed by atoms with van der Waals surface area (Å²) >= 11 is 0. The Bertz CT molecular complexity index is 317. The molecule has 4 nitrogen and oxygen atoms in total. The average Bonchev–Trinajstić information content (AvgIpc) is 2.49. The molecule has 2 aliphatic heterocycles. The van der Waals surface area contributed by atoms with Crippen molar-refractivity contribution in [3.05, 3.63) is 0 Å². The van der Waals surface area contributed by atoms with E-state index in [-0.39, 0.29) is 36.8 Å². The van der Waals surface area contributed by atoms with Gasteiger partial charge in [0.05, 0.1) is 6.04 Å². The van der Waals surface area contributed by atoms with E-state index in [1.54, 1.807) is 0 Å². The molecule has 2 saturated heterocycles. The van der Waals surface area contributed by atoms with E-state index < -0.39 is 0 Å². The molecule has 138 valence electrons. The van der Waals surface area contributed by atoms with Gasteiger partial charge in [-0.15, -0.1) is 24.8 Å². The number of carbonyl (C=O) groups is 1. The number of nitrogens with one attached hydrogen (secondary N) is 2. The summed E-state index contributed by atoms with van der Waals surface area (Å²) in [6.07, 6.45) is 7.50. The van der Waals surface area contributed by atoms with Crippen molar-refractivity contribution in [2.75, 3.05) is 32.7 Å². The zero-order valence-electron chi connectivity index (χ0n) is 14.7. The first-order chi connectivity index (χ1) is 10.2. The summed E-state index contributed by atoms with van der Waals surface area (Å²) in [6.45, 7) is 9.63. The summed E-state index contributed by atoms with van der Waals surface area (Å²) in [5.41, 5.74) is 0. The monoisotopic (exact) mass is 367 g/mol. The van der Waals surface area contributed by atoms with E-state index in [1.165, 1.54) is 32.1 Å². The zero-order chi connectivity index (χ0) is 15.1. The maximum atomic E-state index is 12.6. The van der Waals surface area contributed by atoms with Crippen LogP contribution in [0.3, 0.4) is 0 Å². The van der Waals surface area contributed by atoms with Gasteiger partial charge < -0.3 is 10.6 Å². The first-order valence-corrected chi connectivity index (χ1v) is 8.91. The SMILES string of the molecule is CC(C)C(C(=O)NCCC1CCCNC1)N1CCCCC1.Cl.Cl. The normalized spacial score (nSPS) is 23.5. The highest BCUT2D eigenvalue weighted by Gasteiger charge is 2.29. The number of amides is 1. The second-order valence-corrected chi connectivity index (χ2v) is 7.08. The molecule has 0 aromatic carbocycles. The van der Waals surface area contributed by atoms with Crippen LogP contribution in [0.2, 0.25) is 0 Å². The van der Waals surface area contributed by atoms with Gasteiger partial charge in [0.1, 0.15) is 0 Å². The maximum absolute atomic E-state index is 12.6. The molecule has 2 unspecified atom stereocenters. The van der Waals surface area contributed by atoms with Gasteiger partial charge in [-0.1, -0.05) is 20.3 Å². The van der Waals surface area contributed by atoms with Crippen molar-refractivity contribution in [1.29, 1.82) is 0 Å². The lowest BCUT2D eigenvalue weighted by atomic mass is 9.95. The fraction of sp³-hybridized carbons (Fsp3) is 0.941. The number of halogens is 2. The number of carbonyl (C=O) groups excluding carboxylic acids is 1. The van der Waals surface area contributed by atoms with Crippen LogP contribution in [0.4, 0.5) is 0 Å². The second kappa shape index (κ2) is 12.3. The van der Waals surface area contributed by atoms with Crippen LogP contribution in [0.1, 0.15) is 52.4 Å². The van der Waals surface area contributed by atoms with E-state index in [0.717, 1.165) is 45.1 Å². The van der Waals surface area contributed by atoms with E-state index >= 15 is 0 Å². The van der Waals surface area contributed by atoms with E-state index in [4.69, 9.17) is 0 Å². The van der Waals surface area contributed by atoms with Gasteiger partial charge in [0, 0.05) is 6.54 Å². The van der Waals surface area contributed by atoms with Gasteiger partial charge >= 0.3 is 0 Å². The molecule has 0 aromatic heterocycles. The highest BCUT2D eigenvalue weighted by molar-refractivity contribution is 5.85. The number of likely N-dealkylation sites (tertiary alicyclic amines) is 1. The lowest BCUT2D eigenvalue weighted by molar-refractivity contribution is -0.128. The highest BCUT2D eigenvalue weighted by Crippen LogP contribution is 2.18. The third kappa shape index (κ3) is 7.59. The Morgan fingerprint density at radius 3 is 2.43 bits per heavy atom. The Labute approximate surface area is 154 Å². The van der Waals surface area contributed by atoms with Crippen LogP contribution in [-0.4, -0.2) is 49.6 Å². The quantitative estimate of drug-likeness (QED) is 0.758. The van der Waals surface area contributed by atoms with Crippen LogP contribution in [-0.2, 0) is 4.79 Å². The molecule has 2 N–H and O–H groups in total. The van der Waals surface area contributed by atoms with Crippen molar-refractivity contribution >= 4 is 30.7 Å². The van der Waals surface area contributed by atoms with Crippen molar-refractivity contribution < 1.29 is 4.79 Å². The average molecular weight is 368 g/mol. The molecular weight excluding hydrogens is 333 g/mol. The largest absolute Gasteiger partial charge is 0.355 e. The Hall–Kier alpha value is -0.0300. The second-order valence-electron chi connectivity index (χ2n) is 7.08. The van der Waals surface area contributed by atoms with E-state index in [9.17, 15) is 4.79 Å². The minimum atomic E-state index is 0. The molecule has 2 aliphatic rings. The van der Waals surface area contributed by atoms with Crippen LogP contribution in [0.15, 0.2) is 0 Å². The summed E-state index contributed by atoms with van der Waals surface area (Å²) in [6, 6.07) is 0.0646. The fourth-order valence-corrected chi connectivity index (χ4v) is 3.76. The first kappa shape index (κ1) is 23.0. The number of nitrogens with zero attached hydrogens (tertiary/aromatic N) is 1. The minimum absolute atomic E-state index is 0. The zero-order valence-corrected chi connectivity index (χ0v) is 16.3. The van der Waals surface area contributed by atoms with Crippen molar-refractivity contribution in [3.8, 4) is 0 Å². The molecule has 0 spiro atoms. The maximum Gasteiger partial charge on any atom is 0.237 e. The Morgan fingerprint density at radius 1 is 1.17 bits per heavy atom. The number of piperidine rings is 2. The van der Waals surface area contributed by atoms with Crippen molar-refractivity contribution in [1.82, 2.24) is 15.5 Å². The summed E-state index contributed by atoms with van der Waals surface area (Å²) in [5, 5.41) is 6.65. The Morgan fingerprint density at radius 2 is 1.87 bits per heavy atom. The third-order valence-corrected chi connectivity index (χ3v) is 4.93. The standard InChI is InChI=1S/C17H33N3O.2ClH/c1-14(2)16(20-11-4-3-5-12-20)17(21)19-10-8-15-7-6-9-18-13-15;;/h14-16,18H,3-13H2,1-2H3,(H,19,21);2*1H. The van der Waals surface area contributed by atoms with Crippen LogP contribution >= 0.6 is 24.8 Å². The van der Waals surface area contributed by atoms with Crippen LogP contribution in [0.25, 0.3) is 0 Å². The summed E-state index contributed by atoms with van der Waals surface area (Å²) in [7, 11) is 0. The molecule has 0 saturated carbocycles. The molecule has 23 heavy (non-hydrogen) atoms. The van der Waals surface area contributed by atoms with Gasteiger partial charge in [-0.25, -0.2) is 0 Å². The molecule has 1 amide bonds. The molecule has 2 fully saturated rings. The molecule has 2 atom stereocenters. The molecule has 0 aromatic rings. The lowest BCUT2D eigenvalue weighted by Crippen LogP contribution is -2.51. The smallest absolute Gasteiger partial charge is 0.237 e. The van der Waals surface area contributed by atoms with Gasteiger partial charge in [-0.3, -0.25) is 9.69 Å². The molecular formula is C17H35Cl2N3O. The van der Waals surface area contributed by atoms with Crippen molar-refractivity contribution in [3.63, 3.8) is 0 Å². The first-order valence-electron chi connectivity index (χ1n) is 8.91. The van der Waals surface area contributed by atoms with E-state index in [1.807, 2.05) is 0 Å². The van der Waals surface area contributed by atoms with E-state index in [2.05, 4.69) is 29.4 Å². The predicted molar refractivity (Wildman–Crippen MR) is 102 cm³/mol. The summed E-state index contributed by atoms with van der Waals surface area (Å²) < 4.78 is 0. The van der Waals surface area contributed by atoms with Crippen molar-refractivity contribution in [2.45, 2.75) is 58.4 Å². The summed E-state index contributed by atoms with van der Waals surface area (Å²) in [4.78, 5) is 15.0. The van der Waals surface area contributed by atoms with Gasteiger partial charge in [-0.05, 0) is 70.1 Å². The minimum Gasteiger partial charge on any atom is -0.355 e. The molecule has 2 heterocycles. The van der Waals surface area contributed by atoms with Gasteiger partial charge in [0.15, 0.2) is 0 Å². The van der Waals surface area contributed by atoms with Crippen LogP contribution in [0.5, 0.6) is 0 Å². The fourth-order valence-electron chi connectivity index (χ4n) is 3.76. The number of hydrogen-bond acceptors (Lipinski definition) is 3. The molecule has 2 rings (SSSR count). The van der Waals surface area contributed by atoms with Gasteiger partial charge in [0.2, 0.25) is 5.91 Å². The topological polar surface area (TPSA) is 44.4 Å². The summed E-state index contributed by atoms with van der Waals surface area (Å²) in [5.74, 6) is 1.38. The van der Waals surface area contributed by atoms with Crippen molar-refractivity contribution in [2.24, 2.45) is 11.8 Å². The predicted octanol–water partition coefficient (Wildman–Crippen LogP) is 2.85.